The summed E-state index contributed by atoms with van der Waals surface area (Å²) in [4.78, 5) is 31.0. The van der Waals surface area contributed by atoms with Crippen molar-refractivity contribution in [3.05, 3.63) is 65.7 Å². The number of carbonyl (C=O) groups is 2. The van der Waals surface area contributed by atoms with Crippen LogP contribution < -0.4 is 10.5 Å². The van der Waals surface area contributed by atoms with Crippen molar-refractivity contribution in [1.29, 1.82) is 0 Å². The van der Waals surface area contributed by atoms with Gasteiger partial charge in [-0.1, -0.05) is 39.0 Å². The minimum atomic E-state index is -0.505. The van der Waals surface area contributed by atoms with Crippen molar-refractivity contribution in [2.24, 2.45) is 17.1 Å². The molecular weight excluding hydrogens is 450 g/mol. The van der Waals surface area contributed by atoms with E-state index in [0.717, 1.165) is 59.1 Å². The molecule has 3 aromatic carbocycles. The lowest BCUT2D eigenvalue weighted by molar-refractivity contribution is 0.0609. The van der Waals surface area contributed by atoms with E-state index in [-0.39, 0.29) is 11.3 Å². The largest absolute Gasteiger partial charge is 0.497 e. The number of fused-ring (bicyclic) bond motifs is 3. The first kappa shape index (κ1) is 23.9. The molecular formula is C30H33N3O3. The molecule has 0 spiro atoms. The van der Waals surface area contributed by atoms with E-state index < -0.39 is 5.91 Å². The normalized spacial score (nSPS) is 14.9. The summed E-state index contributed by atoms with van der Waals surface area (Å²) in [5.74, 6) is 0.912. The third-order valence-electron chi connectivity index (χ3n) is 7.63. The number of benzene rings is 3. The molecule has 2 heterocycles. The maximum atomic E-state index is 13.3. The first-order valence-electron chi connectivity index (χ1n) is 12.5. The van der Waals surface area contributed by atoms with Gasteiger partial charge in [0.15, 0.2) is 0 Å². The summed E-state index contributed by atoms with van der Waals surface area (Å²) in [6.45, 7) is 8.39. The maximum absolute atomic E-state index is 13.3. The number of nitrogens with zero attached hydrogens (tertiary/aromatic N) is 1. The summed E-state index contributed by atoms with van der Waals surface area (Å²) in [6, 6.07) is 17.3. The molecule has 6 nitrogen and oxygen atoms in total. The summed E-state index contributed by atoms with van der Waals surface area (Å²) in [5, 5.41) is 1.84. The van der Waals surface area contributed by atoms with Crippen LogP contribution in [-0.4, -0.2) is 41.9 Å². The number of H-pyrrole nitrogens is 1. The third kappa shape index (κ3) is 4.32. The van der Waals surface area contributed by atoms with Crippen LogP contribution in [0.2, 0.25) is 0 Å². The van der Waals surface area contributed by atoms with Crippen molar-refractivity contribution < 1.29 is 14.3 Å². The zero-order chi connectivity index (χ0) is 25.6. The first-order chi connectivity index (χ1) is 17.2. The zero-order valence-electron chi connectivity index (χ0n) is 21.4. The Labute approximate surface area is 211 Å². The van der Waals surface area contributed by atoms with Crippen molar-refractivity contribution in [3.8, 4) is 16.9 Å². The highest BCUT2D eigenvalue weighted by Crippen LogP contribution is 2.36. The Morgan fingerprint density at radius 3 is 2.39 bits per heavy atom. The van der Waals surface area contributed by atoms with Crippen LogP contribution >= 0.6 is 0 Å². The maximum Gasteiger partial charge on any atom is 0.253 e. The van der Waals surface area contributed by atoms with Crippen LogP contribution in [0.3, 0.4) is 0 Å². The Hall–Kier alpha value is -3.80. The first-order valence-corrected chi connectivity index (χ1v) is 12.5. The topological polar surface area (TPSA) is 88.4 Å². The number of nitrogens with one attached hydrogen (secondary N) is 1. The van der Waals surface area contributed by atoms with Gasteiger partial charge in [-0.3, -0.25) is 9.59 Å². The standard InChI is InChI=1S/C30H33N3O3/c1-30(2,3)21-10-12-33(13-11-21)29(35)19-8-9-23-24-15-20(18-6-5-7-22(14-18)36-4)16-25(28(31)34)27(24)32-26(23)17-19/h5-9,14-17,21,32H,10-13H2,1-4H3,(H2,31,34). The predicted molar refractivity (Wildman–Crippen MR) is 144 cm³/mol. The highest BCUT2D eigenvalue weighted by Gasteiger charge is 2.30. The fourth-order valence-electron chi connectivity index (χ4n) is 5.43. The van der Waals surface area contributed by atoms with E-state index in [1.165, 1.54) is 0 Å². The minimum Gasteiger partial charge on any atom is -0.497 e. The highest BCUT2D eigenvalue weighted by atomic mass is 16.5. The van der Waals surface area contributed by atoms with Gasteiger partial charge in [-0.05, 0) is 71.7 Å². The van der Waals surface area contributed by atoms with E-state index in [0.29, 0.717) is 22.6 Å². The number of methoxy groups -OCH3 is 1. The van der Waals surface area contributed by atoms with Gasteiger partial charge in [0.1, 0.15) is 5.75 Å². The van der Waals surface area contributed by atoms with E-state index in [2.05, 4.69) is 25.8 Å². The minimum absolute atomic E-state index is 0.0510. The van der Waals surface area contributed by atoms with Gasteiger partial charge in [0, 0.05) is 34.9 Å². The van der Waals surface area contributed by atoms with Crippen molar-refractivity contribution in [2.45, 2.75) is 33.6 Å². The molecule has 0 radical (unpaired) electrons. The number of nitrogens with two attached hydrogens (primary N) is 1. The van der Waals surface area contributed by atoms with Crippen LogP contribution in [0.25, 0.3) is 32.9 Å². The van der Waals surface area contributed by atoms with Gasteiger partial charge in [0.25, 0.3) is 11.8 Å². The molecule has 6 heteroatoms. The fraction of sp³-hybridized carbons (Fsp3) is 0.333. The van der Waals surface area contributed by atoms with Crippen LogP contribution in [0, 0.1) is 11.3 Å². The molecule has 0 bridgehead atoms. The van der Waals surface area contributed by atoms with Gasteiger partial charge >= 0.3 is 0 Å². The monoisotopic (exact) mass is 483 g/mol. The Balaban J connectivity index is 1.52. The number of aromatic nitrogens is 1. The Kier molecular flexibility index (Phi) is 5.99. The number of ether oxygens (including phenoxy) is 1. The van der Waals surface area contributed by atoms with Gasteiger partial charge in [-0.2, -0.15) is 0 Å². The lowest BCUT2D eigenvalue weighted by Crippen LogP contribution is -2.41. The van der Waals surface area contributed by atoms with Crippen LogP contribution in [0.15, 0.2) is 54.6 Å². The number of rotatable bonds is 4. The molecule has 0 unspecified atom stereocenters. The van der Waals surface area contributed by atoms with Crippen molar-refractivity contribution in [1.82, 2.24) is 9.88 Å². The molecule has 1 aliphatic rings. The number of likely N-dealkylation sites (tertiary alicyclic amines) is 1. The third-order valence-corrected chi connectivity index (χ3v) is 7.63. The molecule has 0 saturated carbocycles. The van der Waals surface area contributed by atoms with E-state index in [4.69, 9.17) is 10.5 Å². The fourth-order valence-corrected chi connectivity index (χ4v) is 5.43. The Morgan fingerprint density at radius 2 is 1.72 bits per heavy atom. The number of aromatic amines is 1. The van der Waals surface area contributed by atoms with Gasteiger partial charge in [-0.15, -0.1) is 0 Å². The van der Waals surface area contributed by atoms with Crippen LogP contribution in [0.1, 0.15) is 54.3 Å². The average Bonchev–Trinajstić information content (AvgIpc) is 3.25. The highest BCUT2D eigenvalue weighted by molar-refractivity contribution is 6.17. The number of carbonyl (C=O) groups excluding carboxylic acids is 2. The Bertz CT molecular complexity index is 1470. The number of hydrogen-bond acceptors (Lipinski definition) is 3. The van der Waals surface area contributed by atoms with Crippen LogP contribution in [0.4, 0.5) is 0 Å². The quantitative estimate of drug-likeness (QED) is 0.373. The molecule has 1 fully saturated rings. The van der Waals surface area contributed by atoms with E-state index >= 15 is 0 Å². The second kappa shape index (κ2) is 9.01. The number of hydrogen-bond donors (Lipinski definition) is 2. The molecule has 186 valence electrons. The van der Waals surface area contributed by atoms with Gasteiger partial charge in [0.05, 0.1) is 18.2 Å². The molecule has 36 heavy (non-hydrogen) atoms. The molecule has 0 atom stereocenters. The average molecular weight is 484 g/mol. The number of primary amides is 1. The smallest absolute Gasteiger partial charge is 0.253 e. The molecule has 2 amide bonds. The Morgan fingerprint density at radius 1 is 0.972 bits per heavy atom. The van der Waals surface area contributed by atoms with Crippen molar-refractivity contribution >= 4 is 33.6 Å². The summed E-state index contributed by atoms with van der Waals surface area (Å²) in [7, 11) is 1.63. The van der Waals surface area contributed by atoms with E-state index in [1.807, 2.05) is 53.4 Å². The van der Waals surface area contributed by atoms with Crippen LogP contribution in [0.5, 0.6) is 5.75 Å². The second-order valence-electron chi connectivity index (χ2n) is 10.9. The van der Waals surface area contributed by atoms with Gasteiger partial charge < -0.3 is 20.4 Å². The zero-order valence-corrected chi connectivity index (χ0v) is 21.4. The van der Waals surface area contributed by atoms with E-state index in [1.54, 1.807) is 13.2 Å². The molecule has 1 aliphatic heterocycles. The number of amides is 2. The molecule has 4 aromatic rings. The molecule has 1 saturated heterocycles. The summed E-state index contributed by atoms with van der Waals surface area (Å²) in [6.07, 6.45) is 2.05. The molecule has 0 aliphatic carbocycles. The van der Waals surface area contributed by atoms with E-state index in [9.17, 15) is 9.59 Å². The summed E-state index contributed by atoms with van der Waals surface area (Å²) >= 11 is 0. The lowest BCUT2D eigenvalue weighted by atomic mass is 9.75. The summed E-state index contributed by atoms with van der Waals surface area (Å²) < 4.78 is 5.37. The second-order valence-corrected chi connectivity index (χ2v) is 10.9. The predicted octanol–water partition coefficient (Wildman–Crippen LogP) is 5.99. The van der Waals surface area contributed by atoms with Gasteiger partial charge in [-0.25, -0.2) is 0 Å². The molecule has 5 rings (SSSR count). The van der Waals surface area contributed by atoms with Crippen molar-refractivity contribution in [2.75, 3.05) is 20.2 Å². The van der Waals surface area contributed by atoms with Crippen molar-refractivity contribution in [3.63, 3.8) is 0 Å². The summed E-state index contributed by atoms with van der Waals surface area (Å²) in [5.41, 5.74) is 10.4. The molecule has 3 N–H and O–H groups in total. The van der Waals surface area contributed by atoms with Crippen LogP contribution in [-0.2, 0) is 0 Å². The lowest BCUT2D eigenvalue weighted by Gasteiger charge is -2.38. The van der Waals surface area contributed by atoms with Gasteiger partial charge in [0.2, 0.25) is 0 Å². The molecule has 1 aromatic heterocycles. The SMILES string of the molecule is COc1cccc(-c2cc(C(N)=O)c3[nH]c4cc(C(=O)N5CCC(C(C)(C)C)CC5)ccc4c3c2)c1. The number of piperidine rings is 1.